The Kier molecular flexibility index (Phi) is 8.22. The van der Waals surface area contributed by atoms with Crippen molar-refractivity contribution in [3.8, 4) is 0 Å². The van der Waals surface area contributed by atoms with Crippen LogP contribution in [0.25, 0.3) is 0 Å². The monoisotopic (exact) mass is 480 g/mol. The second kappa shape index (κ2) is 10.4. The minimum Gasteiger partial charge on any atom is -0.464 e. The smallest absolute Gasteiger partial charge is 0.192 e. The number of furan rings is 1. The maximum atomic E-state index is 5.70. The third-order valence-electron chi connectivity index (χ3n) is 4.40. The number of aliphatic imine (C=N–C) groups is 1. The quantitative estimate of drug-likeness (QED) is 0.279. The second-order valence-electron chi connectivity index (χ2n) is 6.56. The Bertz CT molecular complexity index is 776. The standard InChI is InChI=1S/C21H28N4O.HI/c1-4-22-21(24-17(3)20-11-10-16(2)26-20)23-15-18-8-7-9-19(14-18)25-12-5-6-13-25;/h5-11,14,17H,4,12-13,15H2,1-3H3,(H2,22,23,24);1H. The fourth-order valence-electron chi connectivity index (χ4n) is 2.99. The molecule has 0 bridgehead atoms. The van der Waals surface area contributed by atoms with Gasteiger partial charge in [0.1, 0.15) is 11.5 Å². The third kappa shape index (κ3) is 6.02. The summed E-state index contributed by atoms with van der Waals surface area (Å²) in [6, 6.07) is 12.7. The fraction of sp³-hybridized carbons (Fsp3) is 0.381. The summed E-state index contributed by atoms with van der Waals surface area (Å²) >= 11 is 0. The van der Waals surface area contributed by atoms with E-state index < -0.39 is 0 Å². The summed E-state index contributed by atoms with van der Waals surface area (Å²) in [4.78, 5) is 7.09. The molecule has 0 spiro atoms. The molecule has 1 aliphatic heterocycles. The lowest BCUT2D eigenvalue weighted by atomic mass is 10.2. The minimum atomic E-state index is 0. The number of hydrogen-bond acceptors (Lipinski definition) is 3. The Hall–Kier alpha value is -1.96. The summed E-state index contributed by atoms with van der Waals surface area (Å²) in [7, 11) is 0. The Morgan fingerprint density at radius 2 is 2.00 bits per heavy atom. The number of nitrogens with zero attached hydrogens (tertiary/aromatic N) is 2. The van der Waals surface area contributed by atoms with Crippen molar-refractivity contribution in [3.05, 3.63) is 65.6 Å². The number of halogens is 1. The molecule has 27 heavy (non-hydrogen) atoms. The zero-order valence-electron chi connectivity index (χ0n) is 16.2. The first kappa shape index (κ1) is 21.3. The van der Waals surface area contributed by atoms with Crippen LogP contribution >= 0.6 is 24.0 Å². The number of anilines is 1. The normalized spacial score (nSPS) is 14.8. The first-order valence-corrected chi connectivity index (χ1v) is 9.25. The Labute approximate surface area is 179 Å². The van der Waals surface area contributed by atoms with E-state index in [1.165, 1.54) is 11.3 Å². The number of hydrogen-bond donors (Lipinski definition) is 2. The van der Waals surface area contributed by atoms with Crippen LogP contribution in [-0.4, -0.2) is 25.6 Å². The molecule has 0 radical (unpaired) electrons. The average Bonchev–Trinajstić information content (AvgIpc) is 3.32. The highest BCUT2D eigenvalue weighted by Gasteiger charge is 2.11. The Balaban J connectivity index is 0.00000261. The van der Waals surface area contributed by atoms with Crippen molar-refractivity contribution in [2.75, 3.05) is 24.5 Å². The molecular weight excluding hydrogens is 451 g/mol. The highest BCUT2D eigenvalue weighted by Crippen LogP contribution is 2.19. The molecule has 0 fully saturated rings. The van der Waals surface area contributed by atoms with Crippen molar-refractivity contribution < 1.29 is 4.42 Å². The summed E-state index contributed by atoms with van der Waals surface area (Å²) < 4.78 is 5.70. The number of aryl methyl sites for hydroxylation is 1. The zero-order valence-corrected chi connectivity index (χ0v) is 18.6. The van der Waals surface area contributed by atoms with E-state index in [4.69, 9.17) is 9.41 Å². The molecular formula is C21H29IN4O. The van der Waals surface area contributed by atoms with Crippen LogP contribution < -0.4 is 15.5 Å². The molecule has 1 aromatic heterocycles. The van der Waals surface area contributed by atoms with Gasteiger partial charge in [-0.2, -0.15) is 0 Å². The van der Waals surface area contributed by atoms with E-state index in [0.29, 0.717) is 6.54 Å². The van der Waals surface area contributed by atoms with Crippen molar-refractivity contribution >= 4 is 35.6 Å². The number of benzene rings is 1. The van der Waals surface area contributed by atoms with Crippen molar-refractivity contribution in [2.45, 2.75) is 33.4 Å². The van der Waals surface area contributed by atoms with Gasteiger partial charge in [-0.05, 0) is 50.6 Å². The van der Waals surface area contributed by atoms with Gasteiger partial charge in [0.25, 0.3) is 0 Å². The van der Waals surface area contributed by atoms with Crippen LogP contribution in [0.2, 0.25) is 0 Å². The van der Waals surface area contributed by atoms with E-state index in [1.807, 2.05) is 19.1 Å². The SMILES string of the molecule is CCNC(=NCc1cccc(N2CC=CC2)c1)NC(C)c1ccc(C)o1.I. The molecule has 3 rings (SSSR count). The van der Waals surface area contributed by atoms with E-state index in [-0.39, 0.29) is 30.0 Å². The van der Waals surface area contributed by atoms with Gasteiger partial charge in [0.15, 0.2) is 5.96 Å². The molecule has 5 nitrogen and oxygen atoms in total. The summed E-state index contributed by atoms with van der Waals surface area (Å²) in [5.41, 5.74) is 2.45. The molecule has 2 aromatic rings. The van der Waals surface area contributed by atoms with Gasteiger partial charge in [-0.1, -0.05) is 24.3 Å². The molecule has 0 aliphatic carbocycles. The molecule has 2 N–H and O–H groups in total. The van der Waals surface area contributed by atoms with E-state index in [9.17, 15) is 0 Å². The average molecular weight is 480 g/mol. The second-order valence-corrected chi connectivity index (χ2v) is 6.56. The van der Waals surface area contributed by atoms with Gasteiger partial charge >= 0.3 is 0 Å². The van der Waals surface area contributed by atoms with Gasteiger partial charge in [-0.15, -0.1) is 24.0 Å². The van der Waals surface area contributed by atoms with Crippen molar-refractivity contribution in [2.24, 2.45) is 4.99 Å². The summed E-state index contributed by atoms with van der Waals surface area (Å²) in [5.74, 6) is 2.63. The molecule has 2 heterocycles. The Morgan fingerprint density at radius 3 is 2.67 bits per heavy atom. The molecule has 1 aliphatic rings. The van der Waals surface area contributed by atoms with Crippen LogP contribution in [0.3, 0.4) is 0 Å². The summed E-state index contributed by atoms with van der Waals surface area (Å²) in [6.45, 7) is 9.52. The molecule has 6 heteroatoms. The van der Waals surface area contributed by atoms with Crippen LogP contribution in [0.15, 0.2) is 58.0 Å². The van der Waals surface area contributed by atoms with Crippen molar-refractivity contribution in [3.63, 3.8) is 0 Å². The van der Waals surface area contributed by atoms with E-state index in [0.717, 1.165) is 37.1 Å². The van der Waals surface area contributed by atoms with Gasteiger partial charge < -0.3 is 20.0 Å². The van der Waals surface area contributed by atoms with Crippen molar-refractivity contribution in [1.29, 1.82) is 0 Å². The van der Waals surface area contributed by atoms with Gasteiger partial charge in [-0.3, -0.25) is 0 Å². The van der Waals surface area contributed by atoms with Gasteiger partial charge in [-0.25, -0.2) is 4.99 Å². The molecule has 1 aromatic carbocycles. The van der Waals surface area contributed by atoms with E-state index in [1.54, 1.807) is 0 Å². The van der Waals surface area contributed by atoms with Crippen LogP contribution in [-0.2, 0) is 6.54 Å². The fourth-order valence-corrected chi connectivity index (χ4v) is 2.99. The van der Waals surface area contributed by atoms with Gasteiger partial charge in [0, 0.05) is 25.3 Å². The predicted octanol–water partition coefficient (Wildman–Crippen LogP) is 4.40. The Morgan fingerprint density at radius 1 is 1.22 bits per heavy atom. The summed E-state index contributed by atoms with van der Waals surface area (Å²) in [6.07, 6.45) is 4.41. The van der Waals surface area contributed by atoms with Crippen molar-refractivity contribution in [1.82, 2.24) is 10.6 Å². The number of guanidine groups is 1. The third-order valence-corrected chi connectivity index (χ3v) is 4.40. The first-order valence-electron chi connectivity index (χ1n) is 9.25. The number of nitrogens with one attached hydrogen (secondary N) is 2. The van der Waals surface area contributed by atoms with Crippen LogP contribution in [0.1, 0.15) is 37.0 Å². The highest BCUT2D eigenvalue weighted by atomic mass is 127. The van der Waals surface area contributed by atoms with Crippen LogP contribution in [0, 0.1) is 6.92 Å². The lowest BCUT2D eigenvalue weighted by molar-refractivity contribution is 0.441. The van der Waals surface area contributed by atoms with E-state index >= 15 is 0 Å². The molecule has 146 valence electrons. The molecule has 1 atom stereocenters. The predicted molar refractivity (Wildman–Crippen MR) is 123 cm³/mol. The topological polar surface area (TPSA) is 52.8 Å². The lowest BCUT2D eigenvalue weighted by Crippen LogP contribution is -2.38. The number of rotatable bonds is 6. The first-order chi connectivity index (χ1) is 12.7. The molecule has 0 saturated heterocycles. The van der Waals surface area contributed by atoms with Gasteiger partial charge in [0.2, 0.25) is 0 Å². The maximum Gasteiger partial charge on any atom is 0.192 e. The van der Waals surface area contributed by atoms with Gasteiger partial charge in [0.05, 0.1) is 12.6 Å². The van der Waals surface area contributed by atoms with Crippen LogP contribution in [0.5, 0.6) is 0 Å². The maximum absolute atomic E-state index is 5.70. The molecule has 0 amide bonds. The largest absolute Gasteiger partial charge is 0.464 e. The minimum absolute atomic E-state index is 0. The molecule has 0 saturated carbocycles. The zero-order chi connectivity index (χ0) is 18.4. The lowest BCUT2D eigenvalue weighted by Gasteiger charge is -2.18. The highest BCUT2D eigenvalue weighted by molar-refractivity contribution is 14.0. The van der Waals surface area contributed by atoms with E-state index in [2.05, 4.69) is 65.8 Å². The summed E-state index contributed by atoms with van der Waals surface area (Å²) in [5, 5.41) is 6.72. The molecule has 1 unspecified atom stereocenters. The van der Waals surface area contributed by atoms with Crippen LogP contribution in [0.4, 0.5) is 5.69 Å².